The molecule has 1 saturated heterocycles. The van der Waals surface area contributed by atoms with Crippen LogP contribution in [0.15, 0.2) is 12.3 Å². The Morgan fingerprint density at radius 2 is 2.14 bits per heavy atom. The Bertz CT molecular complexity index is 531. The molecule has 1 aromatic heterocycles. The molecule has 1 unspecified atom stereocenters. The van der Waals surface area contributed by atoms with Gasteiger partial charge < -0.3 is 9.64 Å². The SMILES string of the molecule is Cn1ccc(CC(=O)C2CCN(C(=O)OC(C)(C)C)C2)n1. The molecule has 0 spiro atoms. The molecule has 0 aromatic carbocycles. The van der Waals surface area contributed by atoms with E-state index in [4.69, 9.17) is 4.74 Å². The van der Waals surface area contributed by atoms with Gasteiger partial charge in [0, 0.05) is 32.3 Å². The molecular weight excluding hydrogens is 270 g/mol. The van der Waals surface area contributed by atoms with E-state index < -0.39 is 5.60 Å². The molecule has 1 amide bonds. The van der Waals surface area contributed by atoms with Crippen LogP contribution in [0.2, 0.25) is 0 Å². The summed E-state index contributed by atoms with van der Waals surface area (Å²) >= 11 is 0. The lowest BCUT2D eigenvalue weighted by atomic mass is 10.00. The number of likely N-dealkylation sites (tertiary alicyclic amines) is 1. The van der Waals surface area contributed by atoms with Crippen LogP contribution in [0.25, 0.3) is 0 Å². The lowest BCUT2D eigenvalue weighted by Crippen LogP contribution is -2.36. The van der Waals surface area contributed by atoms with Crippen molar-refractivity contribution in [2.24, 2.45) is 13.0 Å². The van der Waals surface area contributed by atoms with E-state index in [1.54, 1.807) is 9.58 Å². The van der Waals surface area contributed by atoms with E-state index in [-0.39, 0.29) is 17.8 Å². The van der Waals surface area contributed by atoms with E-state index in [0.29, 0.717) is 25.9 Å². The topological polar surface area (TPSA) is 64.4 Å². The summed E-state index contributed by atoms with van der Waals surface area (Å²) in [5.41, 5.74) is 0.269. The number of ketones is 1. The number of carbonyl (C=O) groups is 2. The highest BCUT2D eigenvalue weighted by molar-refractivity contribution is 5.84. The number of nitrogens with zero attached hydrogens (tertiary/aromatic N) is 3. The first-order valence-electron chi connectivity index (χ1n) is 7.24. The highest BCUT2D eigenvalue weighted by Crippen LogP contribution is 2.21. The molecule has 6 heteroatoms. The highest BCUT2D eigenvalue weighted by atomic mass is 16.6. The molecular formula is C15H23N3O3. The van der Waals surface area contributed by atoms with Gasteiger partial charge in [0.05, 0.1) is 12.1 Å². The smallest absolute Gasteiger partial charge is 0.410 e. The number of rotatable bonds is 3. The Kier molecular flexibility index (Phi) is 4.34. The number of hydrogen-bond donors (Lipinski definition) is 0. The van der Waals surface area contributed by atoms with E-state index in [2.05, 4.69) is 5.10 Å². The predicted octanol–water partition coefficient (Wildman–Crippen LogP) is 1.79. The zero-order valence-corrected chi connectivity index (χ0v) is 13.1. The summed E-state index contributed by atoms with van der Waals surface area (Å²) < 4.78 is 7.02. The molecule has 0 bridgehead atoms. The highest BCUT2D eigenvalue weighted by Gasteiger charge is 2.33. The van der Waals surface area contributed by atoms with Gasteiger partial charge >= 0.3 is 6.09 Å². The third kappa shape index (κ3) is 4.31. The minimum absolute atomic E-state index is 0.112. The second kappa shape index (κ2) is 5.87. The van der Waals surface area contributed by atoms with Crippen LogP contribution < -0.4 is 0 Å². The molecule has 0 aliphatic carbocycles. The van der Waals surface area contributed by atoms with E-state index in [1.807, 2.05) is 40.1 Å². The number of carbonyl (C=O) groups excluding carboxylic acids is 2. The van der Waals surface area contributed by atoms with Crippen LogP contribution in [0.3, 0.4) is 0 Å². The van der Waals surface area contributed by atoms with Crippen LogP contribution in [0.4, 0.5) is 4.79 Å². The third-order valence-corrected chi connectivity index (χ3v) is 3.42. The maximum absolute atomic E-state index is 12.2. The Hall–Kier alpha value is -1.85. The van der Waals surface area contributed by atoms with E-state index >= 15 is 0 Å². The standard InChI is InChI=1S/C15H23N3O3/c1-15(2,3)21-14(20)18-8-5-11(10-18)13(19)9-12-6-7-17(4)16-12/h6-7,11H,5,8-10H2,1-4H3. The number of Topliss-reactive ketones (excluding diaryl/α,β-unsaturated/α-hetero) is 1. The average molecular weight is 293 g/mol. The van der Waals surface area contributed by atoms with Crippen molar-refractivity contribution < 1.29 is 14.3 Å². The van der Waals surface area contributed by atoms with E-state index in [0.717, 1.165) is 5.69 Å². The van der Waals surface area contributed by atoms with Crippen molar-refractivity contribution in [3.05, 3.63) is 18.0 Å². The maximum Gasteiger partial charge on any atom is 0.410 e. The van der Waals surface area contributed by atoms with Crippen molar-refractivity contribution in [3.8, 4) is 0 Å². The molecule has 1 aliphatic rings. The van der Waals surface area contributed by atoms with Crippen molar-refractivity contribution in [2.75, 3.05) is 13.1 Å². The Morgan fingerprint density at radius 3 is 2.71 bits per heavy atom. The lowest BCUT2D eigenvalue weighted by molar-refractivity contribution is -0.121. The van der Waals surface area contributed by atoms with Crippen LogP contribution >= 0.6 is 0 Å². The average Bonchev–Trinajstić information content (AvgIpc) is 2.96. The Labute approximate surface area is 125 Å². The second-order valence-corrected chi connectivity index (χ2v) is 6.54. The molecule has 116 valence electrons. The van der Waals surface area contributed by atoms with Crippen molar-refractivity contribution in [3.63, 3.8) is 0 Å². The van der Waals surface area contributed by atoms with Crippen molar-refractivity contribution in [1.82, 2.24) is 14.7 Å². The van der Waals surface area contributed by atoms with Gasteiger partial charge in [0.25, 0.3) is 0 Å². The van der Waals surface area contributed by atoms with Gasteiger partial charge in [-0.05, 0) is 33.3 Å². The van der Waals surface area contributed by atoms with Gasteiger partial charge in [0.1, 0.15) is 11.4 Å². The Morgan fingerprint density at radius 1 is 1.43 bits per heavy atom. The normalized spacial score (nSPS) is 18.9. The summed E-state index contributed by atoms with van der Waals surface area (Å²) in [7, 11) is 1.83. The molecule has 6 nitrogen and oxygen atoms in total. The number of amides is 1. The first kappa shape index (κ1) is 15.5. The summed E-state index contributed by atoms with van der Waals surface area (Å²) in [6, 6.07) is 1.85. The molecule has 0 N–H and O–H groups in total. The zero-order valence-electron chi connectivity index (χ0n) is 13.1. The van der Waals surface area contributed by atoms with Gasteiger partial charge in [0.15, 0.2) is 0 Å². The molecule has 2 rings (SSSR count). The van der Waals surface area contributed by atoms with E-state index in [9.17, 15) is 9.59 Å². The minimum Gasteiger partial charge on any atom is -0.444 e. The van der Waals surface area contributed by atoms with Crippen LogP contribution in [-0.4, -0.2) is 45.2 Å². The van der Waals surface area contributed by atoms with Crippen LogP contribution in [0, 0.1) is 5.92 Å². The summed E-state index contributed by atoms with van der Waals surface area (Å²) in [5, 5.41) is 4.22. The molecule has 1 fully saturated rings. The fourth-order valence-corrected chi connectivity index (χ4v) is 2.40. The fraction of sp³-hybridized carbons (Fsp3) is 0.667. The third-order valence-electron chi connectivity index (χ3n) is 3.42. The molecule has 2 heterocycles. The molecule has 1 atom stereocenters. The number of hydrogen-bond acceptors (Lipinski definition) is 4. The predicted molar refractivity (Wildman–Crippen MR) is 77.8 cm³/mol. The van der Waals surface area contributed by atoms with Gasteiger partial charge in [0.2, 0.25) is 0 Å². The molecule has 1 aliphatic heterocycles. The summed E-state index contributed by atoms with van der Waals surface area (Å²) in [4.78, 5) is 25.8. The number of aromatic nitrogens is 2. The minimum atomic E-state index is -0.507. The fourth-order valence-electron chi connectivity index (χ4n) is 2.40. The monoisotopic (exact) mass is 293 g/mol. The summed E-state index contributed by atoms with van der Waals surface area (Å²) in [6.07, 6.45) is 2.51. The lowest BCUT2D eigenvalue weighted by Gasteiger charge is -2.24. The van der Waals surface area contributed by atoms with Gasteiger partial charge in [-0.3, -0.25) is 9.48 Å². The quantitative estimate of drug-likeness (QED) is 0.852. The molecule has 0 radical (unpaired) electrons. The van der Waals surface area contributed by atoms with Crippen LogP contribution in [0.1, 0.15) is 32.9 Å². The maximum atomic E-state index is 12.2. The largest absolute Gasteiger partial charge is 0.444 e. The van der Waals surface area contributed by atoms with Gasteiger partial charge in [-0.25, -0.2) is 4.79 Å². The molecule has 1 aromatic rings. The van der Waals surface area contributed by atoms with Crippen molar-refractivity contribution in [1.29, 1.82) is 0 Å². The van der Waals surface area contributed by atoms with E-state index in [1.165, 1.54) is 0 Å². The Balaban J connectivity index is 1.87. The summed E-state index contributed by atoms with van der Waals surface area (Å²) in [5.74, 6) is 0.0271. The van der Waals surface area contributed by atoms with Crippen LogP contribution in [0.5, 0.6) is 0 Å². The molecule has 21 heavy (non-hydrogen) atoms. The first-order chi connectivity index (χ1) is 9.74. The van der Waals surface area contributed by atoms with Gasteiger partial charge in [-0.2, -0.15) is 5.10 Å². The van der Waals surface area contributed by atoms with Crippen molar-refractivity contribution >= 4 is 11.9 Å². The van der Waals surface area contributed by atoms with Gasteiger partial charge in [-0.1, -0.05) is 0 Å². The van der Waals surface area contributed by atoms with Crippen molar-refractivity contribution in [2.45, 2.75) is 39.2 Å². The van der Waals surface area contributed by atoms with Crippen LogP contribution in [-0.2, 0) is 23.0 Å². The summed E-state index contributed by atoms with van der Waals surface area (Å²) in [6.45, 7) is 6.54. The number of aryl methyl sites for hydroxylation is 1. The van der Waals surface area contributed by atoms with Gasteiger partial charge in [-0.15, -0.1) is 0 Å². The first-order valence-corrected chi connectivity index (χ1v) is 7.24. The number of ether oxygens (including phenoxy) is 1. The zero-order chi connectivity index (χ0) is 15.6. The molecule has 0 saturated carbocycles. The second-order valence-electron chi connectivity index (χ2n) is 6.54.